The SMILES string of the molecule is CN=C(NCCNc1nc2ccccc2s1)NC(C)C. The third kappa shape index (κ3) is 4.09. The molecule has 0 fully saturated rings. The fraction of sp³-hybridized carbons (Fsp3) is 0.429. The van der Waals surface area contributed by atoms with Crippen LogP contribution < -0.4 is 16.0 Å². The first-order valence-electron chi connectivity index (χ1n) is 6.75. The van der Waals surface area contributed by atoms with E-state index in [0.29, 0.717) is 6.04 Å². The lowest BCUT2D eigenvalue weighted by Gasteiger charge is -2.14. The second-order valence-corrected chi connectivity index (χ2v) is 5.74. The molecular weight excluding hydrogens is 270 g/mol. The van der Waals surface area contributed by atoms with Crippen molar-refractivity contribution in [3.63, 3.8) is 0 Å². The van der Waals surface area contributed by atoms with Crippen LogP contribution in [0.2, 0.25) is 0 Å². The van der Waals surface area contributed by atoms with Crippen molar-refractivity contribution in [1.29, 1.82) is 0 Å². The summed E-state index contributed by atoms with van der Waals surface area (Å²) in [5.41, 5.74) is 1.05. The molecule has 0 aliphatic carbocycles. The number of anilines is 1. The maximum Gasteiger partial charge on any atom is 0.191 e. The number of thiazole rings is 1. The number of nitrogens with zero attached hydrogens (tertiary/aromatic N) is 2. The molecule has 2 aromatic rings. The van der Waals surface area contributed by atoms with Gasteiger partial charge in [0, 0.05) is 26.2 Å². The van der Waals surface area contributed by atoms with E-state index in [1.54, 1.807) is 18.4 Å². The Balaban J connectivity index is 1.78. The van der Waals surface area contributed by atoms with Gasteiger partial charge in [0.25, 0.3) is 0 Å². The maximum absolute atomic E-state index is 4.53. The molecule has 0 aliphatic rings. The number of nitrogens with one attached hydrogen (secondary N) is 3. The van der Waals surface area contributed by atoms with Crippen LogP contribution in [-0.2, 0) is 0 Å². The summed E-state index contributed by atoms with van der Waals surface area (Å²) in [6.07, 6.45) is 0. The van der Waals surface area contributed by atoms with Gasteiger partial charge < -0.3 is 16.0 Å². The van der Waals surface area contributed by atoms with E-state index in [1.807, 2.05) is 18.2 Å². The highest BCUT2D eigenvalue weighted by molar-refractivity contribution is 7.22. The average molecular weight is 291 g/mol. The Morgan fingerprint density at radius 1 is 1.30 bits per heavy atom. The number of rotatable bonds is 5. The zero-order valence-corrected chi connectivity index (χ0v) is 12.9. The van der Waals surface area contributed by atoms with E-state index in [9.17, 15) is 0 Å². The molecule has 3 N–H and O–H groups in total. The summed E-state index contributed by atoms with van der Waals surface area (Å²) in [6, 6.07) is 8.54. The number of guanidine groups is 1. The summed E-state index contributed by atoms with van der Waals surface area (Å²) in [5.74, 6) is 0.825. The first kappa shape index (κ1) is 14.6. The summed E-state index contributed by atoms with van der Waals surface area (Å²) in [5, 5.41) is 10.8. The Labute approximate surface area is 123 Å². The van der Waals surface area contributed by atoms with Crippen LogP contribution in [-0.4, -0.2) is 37.1 Å². The average Bonchev–Trinajstić information content (AvgIpc) is 2.84. The van der Waals surface area contributed by atoms with Crippen molar-refractivity contribution in [2.45, 2.75) is 19.9 Å². The Kier molecular flexibility index (Phi) is 5.17. The number of hydrogen-bond donors (Lipinski definition) is 3. The van der Waals surface area contributed by atoms with E-state index in [-0.39, 0.29) is 0 Å². The molecule has 0 amide bonds. The second kappa shape index (κ2) is 7.09. The van der Waals surface area contributed by atoms with Gasteiger partial charge in [0.05, 0.1) is 10.2 Å². The minimum atomic E-state index is 0.374. The zero-order valence-electron chi connectivity index (χ0n) is 12.1. The Hall–Kier alpha value is -1.82. The molecule has 5 nitrogen and oxygen atoms in total. The molecule has 0 spiro atoms. The Bertz CT molecular complexity index is 543. The number of hydrogen-bond acceptors (Lipinski definition) is 4. The number of fused-ring (bicyclic) bond motifs is 1. The van der Waals surface area contributed by atoms with Gasteiger partial charge in [-0.25, -0.2) is 4.98 Å². The highest BCUT2D eigenvalue weighted by atomic mass is 32.1. The molecule has 0 aliphatic heterocycles. The van der Waals surface area contributed by atoms with Crippen LogP contribution in [0.15, 0.2) is 29.3 Å². The Morgan fingerprint density at radius 2 is 2.10 bits per heavy atom. The lowest BCUT2D eigenvalue weighted by molar-refractivity contribution is 0.702. The molecule has 0 unspecified atom stereocenters. The first-order chi connectivity index (χ1) is 9.69. The molecule has 20 heavy (non-hydrogen) atoms. The predicted octanol–water partition coefficient (Wildman–Crippen LogP) is 2.28. The minimum Gasteiger partial charge on any atom is -0.360 e. The second-order valence-electron chi connectivity index (χ2n) is 4.71. The fourth-order valence-corrected chi connectivity index (χ4v) is 2.66. The van der Waals surface area contributed by atoms with Crippen LogP contribution in [0, 0.1) is 0 Å². The van der Waals surface area contributed by atoms with Crippen molar-refractivity contribution in [2.75, 3.05) is 25.5 Å². The van der Waals surface area contributed by atoms with Crippen molar-refractivity contribution in [1.82, 2.24) is 15.6 Å². The van der Waals surface area contributed by atoms with E-state index < -0.39 is 0 Å². The molecule has 1 aromatic heterocycles. The van der Waals surface area contributed by atoms with Crippen LogP contribution in [0.1, 0.15) is 13.8 Å². The van der Waals surface area contributed by atoms with Gasteiger partial charge >= 0.3 is 0 Å². The number of aromatic nitrogens is 1. The van der Waals surface area contributed by atoms with Crippen LogP contribution in [0.3, 0.4) is 0 Å². The minimum absolute atomic E-state index is 0.374. The Morgan fingerprint density at radius 3 is 2.80 bits per heavy atom. The summed E-state index contributed by atoms with van der Waals surface area (Å²) in [6.45, 7) is 5.78. The van der Waals surface area contributed by atoms with Crippen LogP contribution >= 0.6 is 11.3 Å². The van der Waals surface area contributed by atoms with Gasteiger partial charge in [-0.2, -0.15) is 0 Å². The van der Waals surface area contributed by atoms with E-state index in [1.165, 1.54) is 4.70 Å². The maximum atomic E-state index is 4.53. The van der Waals surface area contributed by atoms with Gasteiger partial charge in [-0.15, -0.1) is 0 Å². The summed E-state index contributed by atoms with van der Waals surface area (Å²) < 4.78 is 1.21. The van der Waals surface area contributed by atoms with Crippen molar-refractivity contribution < 1.29 is 0 Å². The number of aliphatic imine (C=N–C) groups is 1. The summed E-state index contributed by atoms with van der Waals surface area (Å²) >= 11 is 1.68. The highest BCUT2D eigenvalue weighted by Crippen LogP contribution is 2.24. The molecule has 1 heterocycles. The summed E-state index contributed by atoms with van der Waals surface area (Å²) in [7, 11) is 1.78. The number of benzene rings is 1. The van der Waals surface area contributed by atoms with E-state index in [0.717, 1.165) is 29.7 Å². The third-order valence-electron chi connectivity index (χ3n) is 2.64. The van der Waals surface area contributed by atoms with Gasteiger partial charge in [-0.1, -0.05) is 23.5 Å². The van der Waals surface area contributed by atoms with E-state index in [4.69, 9.17) is 0 Å². The van der Waals surface area contributed by atoms with Gasteiger partial charge in [-0.05, 0) is 26.0 Å². The molecule has 6 heteroatoms. The van der Waals surface area contributed by atoms with Crippen LogP contribution in [0.5, 0.6) is 0 Å². The van der Waals surface area contributed by atoms with E-state index in [2.05, 4.69) is 45.8 Å². The fourth-order valence-electron chi connectivity index (χ4n) is 1.77. The van der Waals surface area contributed by atoms with Gasteiger partial charge in [-0.3, -0.25) is 4.99 Å². The molecule has 0 bridgehead atoms. The molecule has 0 saturated heterocycles. The van der Waals surface area contributed by atoms with Crippen LogP contribution in [0.4, 0.5) is 5.13 Å². The van der Waals surface area contributed by atoms with Gasteiger partial charge in [0.1, 0.15) is 0 Å². The smallest absolute Gasteiger partial charge is 0.191 e. The summed E-state index contributed by atoms with van der Waals surface area (Å²) in [4.78, 5) is 8.69. The monoisotopic (exact) mass is 291 g/mol. The first-order valence-corrected chi connectivity index (χ1v) is 7.57. The molecule has 108 valence electrons. The molecule has 2 rings (SSSR count). The van der Waals surface area contributed by atoms with Crippen molar-refractivity contribution in [3.05, 3.63) is 24.3 Å². The van der Waals surface area contributed by atoms with Crippen molar-refractivity contribution >= 4 is 32.6 Å². The van der Waals surface area contributed by atoms with Crippen molar-refractivity contribution in [2.24, 2.45) is 4.99 Å². The quantitative estimate of drug-likeness (QED) is 0.449. The highest BCUT2D eigenvalue weighted by Gasteiger charge is 2.02. The standard InChI is InChI=1S/C14H21N5S/c1-10(2)18-13(15-3)16-8-9-17-14-19-11-6-4-5-7-12(11)20-14/h4-7,10H,8-9H2,1-3H3,(H,17,19)(H2,15,16,18). The lowest BCUT2D eigenvalue weighted by Crippen LogP contribution is -2.42. The van der Waals surface area contributed by atoms with E-state index >= 15 is 0 Å². The molecule has 0 radical (unpaired) electrons. The van der Waals surface area contributed by atoms with Crippen molar-refractivity contribution in [3.8, 4) is 0 Å². The molecular formula is C14H21N5S. The third-order valence-corrected chi connectivity index (χ3v) is 3.63. The number of para-hydroxylation sites is 1. The van der Waals surface area contributed by atoms with Crippen LogP contribution in [0.25, 0.3) is 10.2 Å². The van der Waals surface area contributed by atoms with Gasteiger partial charge in [0.2, 0.25) is 0 Å². The molecule has 1 aromatic carbocycles. The molecule has 0 saturated carbocycles. The predicted molar refractivity (Wildman–Crippen MR) is 87.7 cm³/mol. The lowest BCUT2D eigenvalue weighted by atomic mass is 10.3. The normalized spacial score (nSPS) is 11.9. The zero-order chi connectivity index (χ0) is 14.4. The molecule has 0 atom stereocenters. The largest absolute Gasteiger partial charge is 0.360 e. The topological polar surface area (TPSA) is 61.3 Å². The van der Waals surface area contributed by atoms with Gasteiger partial charge in [0.15, 0.2) is 11.1 Å².